The molecule has 1 amide bonds. The summed E-state index contributed by atoms with van der Waals surface area (Å²) in [6.07, 6.45) is 0. The molecule has 0 aliphatic heterocycles. The van der Waals surface area contributed by atoms with Gasteiger partial charge in [-0.05, 0) is 30.5 Å². The highest BCUT2D eigenvalue weighted by Crippen LogP contribution is 2.27. The number of carbonyl (C=O) groups excluding carboxylic acids is 1. The Morgan fingerprint density at radius 3 is 2.48 bits per heavy atom. The zero-order valence-electron chi connectivity index (χ0n) is 12.1. The molecule has 1 rings (SSSR count). The fraction of sp³-hybridized carbons (Fsp3) is 0.462. The number of anilines is 2. The topological polar surface area (TPSA) is 89.3 Å². The third kappa shape index (κ3) is 6.67. The quantitative estimate of drug-likeness (QED) is 0.745. The lowest BCUT2D eigenvalue weighted by atomic mass is 10.2. The van der Waals surface area contributed by atoms with Crippen LogP contribution >= 0.6 is 28.3 Å². The lowest BCUT2D eigenvalue weighted by Crippen LogP contribution is -2.26. The van der Waals surface area contributed by atoms with Gasteiger partial charge in [-0.1, -0.05) is 29.8 Å². The van der Waals surface area contributed by atoms with Gasteiger partial charge in [-0.25, -0.2) is 8.42 Å². The van der Waals surface area contributed by atoms with Gasteiger partial charge >= 0.3 is 0 Å². The van der Waals surface area contributed by atoms with Crippen molar-refractivity contribution in [1.29, 1.82) is 0 Å². The molecule has 0 aliphatic carbocycles. The second kappa shape index (κ2) is 8.00. The Morgan fingerprint density at radius 2 is 1.95 bits per heavy atom. The molecule has 0 saturated carbocycles. The molecule has 120 valence electrons. The number of halogens is 2. The van der Waals surface area contributed by atoms with Crippen molar-refractivity contribution in [3.8, 4) is 0 Å². The SMILES string of the molecule is Cc1cc(Br)cc(NC(=O)CS(=O)(=O)CC(C)C)c1N.Cl. The number of benzene rings is 1. The monoisotopic (exact) mass is 398 g/mol. The molecule has 0 heterocycles. The highest BCUT2D eigenvalue weighted by atomic mass is 79.9. The summed E-state index contributed by atoms with van der Waals surface area (Å²) in [5.41, 5.74) is 7.52. The molecule has 21 heavy (non-hydrogen) atoms. The molecule has 0 unspecified atom stereocenters. The van der Waals surface area contributed by atoms with Gasteiger partial charge in [0.25, 0.3) is 0 Å². The Labute approximate surface area is 140 Å². The van der Waals surface area contributed by atoms with Crippen LogP contribution in [0.15, 0.2) is 16.6 Å². The third-order valence-corrected chi connectivity index (χ3v) is 4.90. The molecule has 0 saturated heterocycles. The zero-order chi connectivity index (χ0) is 15.5. The molecule has 8 heteroatoms. The van der Waals surface area contributed by atoms with E-state index >= 15 is 0 Å². The predicted molar refractivity (Wildman–Crippen MR) is 92.7 cm³/mol. The molecule has 0 fully saturated rings. The van der Waals surface area contributed by atoms with E-state index in [0.717, 1.165) is 10.0 Å². The minimum absolute atomic E-state index is 0. The largest absolute Gasteiger partial charge is 0.397 e. The van der Waals surface area contributed by atoms with Crippen LogP contribution in [0.3, 0.4) is 0 Å². The summed E-state index contributed by atoms with van der Waals surface area (Å²) < 4.78 is 24.3. The number of hydrogen-bond donors (Lipinski definition) is 2. The lowest BCUT2D eigenvalue weighted by Gasteiger charge is -2.12. The first-order valence-electron chi connectivity index (χ1n) is 6.16. The molecule has 1 aromatic carbocycles. The number of aryl methyl sites for hydroxylation is 1. The van der Waals surface area contributed by atoms with E-state index in [1.54, 1.807) is 19.9 Å². The van der Waals surface area contributed by atoms with E-state index in [0.29, 0.717) is 11.4 Å². The van der Waals surface area contributed by atoms with Gasteiger partial charge < -0.3 is 11.1 Å². The average Bonchev–Trinajstić information content (AvgIpc) is 2.21. The number of nitrogens with one attached hydrogen (secondary N) is 1. The standard InChI is InChI=1S/C13H19BrN2O3S.ClH/c1-8(2)6-20(18,19)7-12(17)16-11-5-10(14)4-9(3)13(11)15;/h4-5,8H,6-7,15H2,1-3H3,(H,16,17);1H. The van der Waals surface area contributed by atoms with E-state index < -0.39 is 21.5 Å². The summed E-state index contributed by atoms with van der Waals surface area (Å²) >= 11 is 3.31. The maximum Gasteiger partial charge on any atom is 0.239 e. The van der Waals surface area contributed by atoms with Crippen LogP contribution in [-0.4, -0.2) is 25.8 Å². The first-order valence-corrected chi connectivity index (χ1v) is 8.78. The second-order valence-corrected chi connectivity index (χ2v) is 8.21. The Bertz CT molecular complexity index is 618. The molecule has 1 aromatic rings. The number of nitrogens with two attached hydrogens (primary N) is 1. The van der Waals surface area contributed by atoms with E-state index in [1.807, 2.05) is 13.0 Å². The van der Waals surface area contributed by atoms with Crippen LogP contribution < -0.4 is 11.1 Å². The van der Waals surface area contributed by atoms with Crippen LogP contribution in [0.2, 0.25) is 0 Å². The van der Waals surface area contributed by atoms with Crippen molar-refractivity contribution in [2.45, 2.75) is 20.8 Å². The van der Waals surface area contributed by atoms with Gasteiger partial charge in [-0.3, -0.25) is 4.79 Å². The molecule has 0 aromatic heterocycles. The number of rotatable bonds is 5. The molecule has 0 bridgehead atoms. The third-order valence-electron chi connectivity index (χ3n) is 2.56. The van der Waals surface area contributed by atoms with Gasteiger partial charge in [0, 0.05) is 4.47 Å². The van der Waals surface area contributed by atoms with Crippen LogP contribution in [-0.2, 0) is 14.6 Å². The van der Waals surface area contributed by atoms with Crippen molar-refractivity contribution in [2.75, 3.05) is 22.6 Å². The highest BCUT2D eigenvalue weighted by molar-refractivity contribution is 9.10. The van der Waals surface area contributed by atoms with Crippen molar-refractivity contribution in [3.05, 3.63) is 22.2 Å². The minimum Gasteiger partial charge on any atom is -0.397 e. The number of hydrogen-bond acceptors (Lipinski definition) is 4. The summed E-state index contributed by atoms with van der Waals surface area (Å²) in [6.45, 7) is 5.40. The van der Waals surface area contributed by atoms with E-state index in [2.05, 4.69) is 21.2 Å². The molecule has 0 atom stereocenters. The average molecular weight is 400 g/mol. The Hall–Kier alpha value is -0.790. The summed E-state index contributed by atoms with van der Waals surface area (Å²) in [4.78, 5) is 11.8. The van der Waals surface area contributed by atoms with Crippen LogP contribution in [0.1, 0.15) is 19.4 Å². The van der Waals surface area contributed by atoms with Gasteiger partial charge in [0.1, 0.15) is 5.75 Å². The zero-order valence-corrected chi connectivity index (χ0v) is 15.4. The fourth-order valence-electron chi connectivity index (χ4n) is 1.81. The molecular formula is C13H20BrClN2O3S. The van der Waals surface area contributed by atoms with Crippen molar-refractivity contribution < 1.29 is 13.2 Å². The summed E-state index contributed by atoms with van der Waals surface area (Å²) in [5, 5.41) is 2.55. The van der Waals surface area contributed by atoms with Crippen LogP contribution in [0, 0.1) is 12.8 Å². The van der Waals surface area contributed by atoms with Crippen LogP contribution in [0.5, 0.6) is 0 Å². The summed E-state index contributed by atoms with van der Waals surface area (Å²) in [5.74, 6) is -1.12. The van der Waals surface area contributed by atoms with E-state index in [4.69, 9.17) is 5.73 Å². The van der Waals surface area contributed by atoms with Crippen molar-refractivity contribution in [1.82, 2.24) is 0 Å². The molecule has 5 nitrogen and oxygen atoms in total. The number of sulfone groups is 1. The molecular weight excluding hydrogens is 380 g/mol. The number of amides is 1. The number of carbonyl (C=O) groups is 1. The van der Waals surface area contributed by atoms with E-state index in [9.17, 15) is 13.2 Å². The minimum atomic E-state index is -3.40. The molecule has 3 N–H and O–H groups in total. The maximum atomic E-state index is 11.8. The van der Waals surface area contributed by atoms with Crippen LogP contribution in [0.4, 0.5) is 11.4 Å². The Morgan fingerprint density at radius 1 is 1.38 bits per heavy atom. The number of nitrogen functional groups attached to an aromatic ring is 1. The Balaban J connectivity index is 0.00000400. The predicted octanol–water partition coefficient (Wildman–Crippen LogP) is 2.77. The van der Waals surface area contributed by atoms with Crippen molar-refractivity contribution >= 4 is 55.5 Å². The smallest absolute Gasteiger partial charge is 0.239 e. The molecule has 0 radical (unpaired) electrons. The normalized spacial score (nSPS) is 11.1. The second-order valence-electron chi connectivity index (χ2n) is 5.18. The van der Waals surface area contributed by atoms with Gasteiger partial charge in [-0.2, -0.15) is 0 Å². The fourth-order valence-corrected chi connectivity index (χ4v) is 3.99. The van der Waals surface area contributed by atoms with Gasteiger partial charge in [-0.15, -0.1) is 12.4 Å². The molecule has 0 spiro atoms. The van der Waals surface area contributed by atoms with Gasteiger partial charge in [0.15, 0.2) is 9.84 Å². The van der Waals surface area contributed by atoms with Gasteiger partial charge in [0.2, 0.25) is 5.91 Å². The van der Waals surface area contributed by atoms with Crippen molar-refractivity contribution in [3.63, 3.8) is 0 Å². The summed E-state index contributed by atoms with van der Waals surface area (Å²) in [7, 11) is -3.40. The van der Waals surface area contributed by atoms with Crippen molar-refractivity contribution in [2.24, 2.45) is 5.92 Å². The Kier molecular flexibility index (Phi) is 7.70. The van der Waals surface area contributed by atoms with Gasteiger partial charge in [0.05, 0.1) is 17.1 Å². The van der Waals surface area contributed by atoms with Crippen LogP contribution in [0.25, 0.3) is 0 Å². The first-order chi connectivity index (χ1) is 9.10. The highest BCUT2D eigenvalue weighted by Gasteiger charge is 2.19. The first kappa shape index (κ1) is 20.2. The maximum absolute atomic E-state index is 11.8. The lowest BCUT2D eigenvalue weighted by molar-refractivity contribution is -0.113. The molecule has 0 aliphatic rings. The summed E-state index contributed by atoms with van der Waals surface area (Å²) in [6, 6.07) is 3.47. The van der Waals surface area contributed by atoms with E-state index in [1.165, 1.54) is 0 Å². The van der Waals surface area contributed by atoms with E-state index in [-0.39, 0.29) is 24.1 Å².